The Kier molecular flexibility index (Phi) is 3.20. The molecule has 5 heteroatoms. The lowest BCUT2D eigenvalue weighted by molar-refractivity contribution is -0.126. The maximum atomic E-state index is 11.7. The first-order valence-electron chi connectivity index (χ1n) is 5.56. The predicted octanol–water partition coefficient (Wildman–Crippen LogP) is -0.567. The lowest BCUT2D eigenvalue weighted by Crippen LogP contribution is -2.49. The second kappa shape index (κ2) is 4.61. The van der Waals surface area contributed by atoms with Crippen molar-refractivity contribution in [3.63, 3.8) is 0 Å². The summed E-state index contributed by atoms with van der Waals surface area (Å²) in [4.78, 5) is 24.1. The highest BCUT2D eigenvalue weighted by molar-refractivity contribution is 5.82. The van der Waals surface area contributed by atoms with E-state index in [1.807, 2.05) is 0 Å². The van der Waals surface area contributed by atoms with Crippen molar-refractivity contribution in [1.29, 1.82) is 0 Å². The van der Waals surface area contributed by atoms with Crippen molar-refractivity contribution in [1.82, 2.24) is 15.5 Å². The van der Waals surface area contributed by atoms with Crippen molar-refractivity contribution in [3.05, 3.63) is 0 Å². The Morgan fingerprint density at radius 3 is 2.93 bits per heavy atom. The highest BCUT2D eigenvalue weighted by Gasteiger charge is 2.28. The van der Waals surface area contributed by atoms with Crippen molar-refractivity contribution >= 4 is 12.3 Å². The van der Waals surface area contributed by atoms with Crippen LogP contribution >= 0.6 is 0 Å². The number of carbonyl (C=O) groups is 2. The van der Waals surface area contributed by atoms with Crippen LogP contribution in [0, 0.1) is 0 Å². The molecule has 2 fully saturated rings. The van der Waals surface area contributed by atoms with Gasteiger partial charge in [0.1, 0.15) is 6.17 Å². The fourth-order valence-corrected chi connectivity index (χ4v) is 2.24. The van der Waals surface area contributed by atoms with E-state index in [1.165, 1.54) is 0 Å². The summed E-state index contributed by atoms with van der Waals surface area (Å²) in [5.74, 6) is 0.0336. The Bertz CT molecular complexity index is 251. The smallest absolute Gasteiger partial charge is 0.238 e. The molecule has 0 radical (unpaired) electrons. The van der Waals surface area contributed by atoms with Gasteiger partial charge in [0.2, 0.25) is 12.3 Å². The Labute approximate surface area is 89.2 Å². The Morgan fingerprint density at radius 1 is 1.40 bits per heavy atom. The molecular formula is C10H17N3O2. The second-order valence-electron chi connectivity index (χ2n) is 4.16. The van der Waals surface area contributed by atoms with Crippen LogP contribution in [0.25, 0.3) is 0 Å². The molecule has 15 heavy (non-hydrogen) atoms. The van der Waals surface area contributed by atoms with Crippen LogP contribution in [0.15, 0.2) is 0 Å². The first-order valence-corrected chi connectivity index (χ1v) is 5.56. The monoisotopic (exact) mass is 211 g/mol. The van der Waals surface area contributed by atoms with Crippen LogP contribution in [-0.4, -0.2) is 42.5 Å². The molecule has 2 heterocycles. The lowest BCUT2D eigenvalue weighted by Gasteiger charge is -2.22. The molecule has 2 N–H and O–H groups in total. The van der Waals surface area contributed by atoms with Gasteiger partial charge in [0.15, 0.2) is 0 Å². The van der Waals surface area contributed by atoms with Gasteiger partial charge >= 0.3 is 0 Å². The molecule has 0 bridgehead atoms. The summed E-state index contributed by atoms with van der Waals surface area (Å²) in [5, 5.41) is 6.06. The number of hydrogen-bond donors (Lipinski definition) is 2. The molecule has 84 valence electrons. The summed E-state index contributed by atoms with van der Waals surface area (Å²) in [7, 11) is 0. The zero-order valence-electron chi connectivity index (χ0n) is 8.74. The number of rotatable bonds is 3. The minimum atomic E-state index is -0.0857. The van der Waals surface area contributed by atoms with Crippen LogP contribution in [0.1, 0.15) is 25.7 Å². The van der Waals surface area contributed by atoms with Gasteiger partial charge in [-0.1, -0.05) is 0 Å². The third-order valence-electron chi connectivity index (χ3n) is 3.12. The number of nitrogens with zero attached hydrogens (tertiary/aromatic N) is 1. The van der Waals surface area contributed by atoms with Gasteiger partial charge < -0.3 is 15.5 Å². The standard InChI is InChI=1S/C10H17N3O2/c14-7-13-6-2-4-9(13)12-10(15)8-3-1-5-11-8/h7-9,11H,1-6H2,(H,12,15)/t8-,9?/m0/s1. The highest BCUT2D eigenvalue weighted by atomic mass is 16.2. The topological polar surface area (TPSA) is 61.4 Å². The van der Waals surface area contributed by atoms with E-state index in [9.17, 15) is 9.59 Å². The van der Waals surface area contributed by atoms with E-state index in [1.54, 1.807) is 4.90 Å². The van der Waals surface area contributed by atoms with Crippen molar-refractivity contribution in [3.8, 4) is 0 Å². The number of nitrogens with one attached hydrogen (secondary N) is 2. The molecule has 0 aromatic carbocycles. The maximum Gasteiger partial charge on any atom is 0.238 e. The molecule has 2 atom stereocenters. The predicted molar refractivity (Wildman–Crippen MR) is 55.0 cm³/mol. The molecule has 2 rings (SSSR count). The Balaban J connectivity index is 1.84. The quantitative estimate of drug-likeness (QED) is 0.615. The fourth-order valence-electron chi connectivity index (χ4n) is 2.24. The second-order valence-corrected chi connectivity index (χ2v) is 4.16. The zero-order valence-corrected chi connectivity index (χ0v) is 8.74. The van der Waals surface area contributed by atoms with Gasteiger partial charge in [-0.2, -0.15) is 0 Å². The molecule has 2 saturated heterocycles. The Morgan fingerprint density at radius 2 is 2.27 bits per heavy atom. The van der Waals surface area contributed by atoms with Crippen LogP contribution in [0.2, 0.25) is 0 Å². The number of likely N-dealkylation sites (tertiary alicyclic amines) is 1. The molecule has 0 aromatic heterocycles. The average Bonchev–Trinajstić information content (AvgIpc) is 2.87. The van der Waals surface area contributed by atoms with Crippen LogP contribution in [-0.2, 0) is 9.59 Å². The average molecular weight is 211 g/mol. The molecule has 0 saturated carbocycles. The summed E-state index contributed by atoms with van der Waals surface area (Å²) in [5.41, 5.74) is 0. The molecule has 0 spiro atoms. The van der Waals surface area contributed by atoms with Gasteiger partial charge in [0, 0.05) is 6.54 Å². The van der Waals surface area contributed by atoms with Gasteiger partial charge in [-0.25, -0.2) is 0 Å². The first kappa shape index (κ1) is 10.4. The molecule has 2 amide bonds. The van der Waals surface area contributed by atoms with Gasteiger partial charge in [0.25, 0.3) is 0 Å². The molecular weight excluding hydrogens is 194 g/mol. The van der Waals surface area contributed by atoms with Crippen molar-refractivity contribution in [2.24, 2.45) is 0 Å². The van der Waals surface area contributed by atoms with Crippen molar-refractivity contribution < 1.29 is 9.59 Å². The highest BCUT2D eigenvalue weighted by Crippen LogP contribution is 2.13. The molecule has 0 aromatic rings. The number of carbonyl (C=O) groups excluding carboxylic acids is 2. The van der Waals surface area contributed by atoms with E-state index in [2.05, 4.69) is 10.6 Å². The van der Waals surface area contributed by atoms with E-state index in [4.69, 9.17) is 0 Å². The van der Waals surface area contributed by atoms with Crippen LogP contribution in [0.3, 0.4) is 0 Å². The summed E-state index contributed by atoms with van der Waals surface area (Å²) in [6, 6.07) is -0.0564. The zero-order chi connectivity index (χ0) is 10.7. The molecule has 5 nitrogen and oxygen atoms in total. The van der Waals surface area contributed by atoms with Gasteiger partial charge in [0.05, 0.1) is 6.04 Å². The van der Waals surface area contributed by atoms with E-state index < -0.39 is 0 Å². The molecule has 2 aliphatic heterocycles. The van der Waals surface area contributed by atoms with E-state index >= 15 is 0 Å². The van der Waals surface area contributed by atoms with Crippen LogP contribution in [0.4, 0.5) is 0 Å². The van der Waals surface area contributed by atoms with E-state index in [-0.39, 0.29) is 18.1 Å². The number of hydrogen-bond acceptors (Lipinski definition) is 3. The largest absolute Gasteiger partial charge is 0.334 e. The molecule has 2 aliphatic rings. The summed E-state index contributed by atoms with van der Waals surface area (Å²) >= 11 is 0. The van der Waals surface area contributed by atoms with Crippen molar-refractivity contribution in [2.45, 2.75) is 37.9 Å². The third kappa shape index (κ3) is 2.28. The minimum absolute atomic E-state index is 0.0336. The lowest BCUT2D eigenvalue weighted by atomic mass is 10.2. The summed E-state index contributed by atoms with van der Waals surface area (Å²) in [6.45, 7) is 1.67. The van der Waals surface area contributed by atoms with Crippen LogP contribution in [0.5, 0.6) is 0 Å². The Hall–Kier alpha value is -1.10. The van der Waals surface area contributed by atoms with Gasteiger partial charge in [-0.05, 0) is 32.2 Å². The molecule has 0 aliphatic carbocycles. The summed E-state index contributed by atoms with van der Waals surface area (Å²) in [6.07, 6.45) is 4.54. The summed E-state index contributed by atoms with van der Waals surface area (Å²) < 4.78 is 0. The van der Waals surface area contributed by atoms with E-state index in [0.29, 0.717) is 0 Å². The van der Waals surface area contributed by atoms with Gasteiger partial charge in [-0.3, -0.25) is 9.59 Å². The van der Waals surface area contributed by atoms with E-state index in [0.717, 1.165) is 45.2 Å². The number of amides is 2. The fraction of sp³-hybridized carbons (Fsp3) is 0.800. The third-order valence-corrected chi connectivity index (χ3v) is 3.12. The maximum absolute atomic E-state index is 11.7. The van der Waals surface area contributed by atoms with Crippen LogP contribution < -0.4 is 10.6 Å². The van der Waals surface area contributed by atoms with Crippen molar-refractivity contribution in [2.75, 3.05) is 13.1 Å². The van der Waals surface area contributed by atoms with Gasteiger partial charge in [-0.15, -0.1) is 0 Å². The first-order chi connectivity index (χ1) is 7.31. The SMILES string of the molecule is O=CN1CCCC1NC(=O)[C@@H]1CCCN1. The minimum Gasteiger partial charge on any atom is -0.334 e. The normalized spacial score (nSPS) is 30.5. The molecule has 1 unspecified atom stereocenters.